The maximum Gasteiger partial charge on any atom is 0.224 e. The van der Waals surface area contributed by atoms with Crippen LogP contribution in [0, 0.1) is 0 Å². The lowest BCUT2D eigenvalue weighted by Gasteiger charge is -2.23. The molecule has 0 aliphatic carbocycles. The minimum atomic E-state index is -0.00564. The smallest absolute Gasteiger partial charge is 0.224 e. The molecule has 5 nitrogen and oxygen atoms in total. The molecule has 0 saturated heterocycles. The summed E-state index contributed by atoms with van der Waals surface area (Å²) in [5, 5.41) is 0. The molecule has 1 rings (SSSR count). The fourth-order valence-electron chi connectivity index (χ4n) is 2.53. The quantitative estimate of drug-likeness (QED) is 0.661. The highest BCUT2D eigenvalue weighted by Crippen LogP contribution is 2.18. The van der Waals surface area contributed by atoms with Crippen LogP contribution in [0.3, 0.4) is 0 Å². The molecule has 0 saturated carbocycles. The number of methoxy groups -OCH3 is 1. The van der Waals surface area contributed by atoms with Gasteiger partial charge in [0, 0.05) is 40.0 Å². The maximum absolute atomic E-state index is 12.1. The highest BCUT2D eigenvalue weighted by molar-refractivity contribution is 5.78. The summed E-state index contributed by atoms with van der Waals surface area (Å²) < 4.78 is 5.34. The van der Waals surface area contributed by atoms with Gasteiger partial charge in [-0.05, 0) is 24.5 Å². The lowest BCUT2D eigenvalue weighted by Crippen LogP contribution is -2.36. The van der Waals surface area contributed by atoms with Gasteiger partial charge in [-0.3, -0.25) is 9.59 Å². The van der Waals surface area contributed by atoms with Gasteiger partial charge in [-0.1, -0.05) is 31.5 Å². The van der Waals surface area contributed by atoms with Crippen molar-refractivity contribution in [1.82, 2.24) is 9.80 Å². The van der Waals surface area contributed by atoms with Gasteiger partial charge in [0.05, 0.1) is 7.11 Å². The zero-order valence-electron chi connectivity index (χ0n) is 15.4. The molecule has 0 atom stereocenters. The molecular formula is C19H30N2O3. The first kappa shape index (κ1) is 20.0. The molecule has 0 aliphatic heterocycles. The molecular weight excluding hydrogens is 304 g/mol. The van der Waals surface area contributed by atoms with Crippen LogP contribution >= 0.6 is 0 Å². The number of rotatable bonds is 10. The van der Waals surface area contributed by atoms with E-state index in [0.717, 1.165) is 30.7 Å². The fraction of sp³-hybridized carbons (Fsp3) is 0.579. The number of carbonyl (C=O) groups excluding carboxylic acids is 2. The maximum atomic E-state index is 12.1. The van der Waals surface area contributed by atoms with Crippen molar-refractivity contribution in [2.24, 2.45) is 0 Å². The molecule has 0 aliphatic rings. The van der Waals surface area contributed by atoms with Crippen molar-refractivity contribution in [3.05, 3.63) is 29.8 Å². The Morgan fingerprint density at radius 1 is 1.12 bits per heavy atom. The summed E-state index contributed by atoms with van der Waals surface area (Å²) in [6.45, 7) is 5.47. The van der Waals surface area contributed by atoms with E-state index in [1.807, 2.05) is 31.3 Å². The van der Waals surface area contributed by atoms with Crippen molar-refractivity contribution in [3.63, 3.8) is 0 Å². The lowest BCUT2D eigenvalue weighted by atomic mass is 10.1. The van der Waals surface area contributed by atoms with E-state index in [-0.39, 0.29) is 11.8 Å². The summed E-state index contributed by atoms with van der Waals surface area (Å²) in [7, 11) is 3.47. The third-order valence-electron chi connectivity index (χ3n) is 4.16. The zero-order valence-corrected chi connectivity index (χ0v) is 15.4. The van der Waals surface area contributed by atoms with Crippen LogP contribution in [0.15, 0.2) is 24.3 Å². The van der Waals surface area contributed by atoms with E-state index in [1.54, 1.807) is 23.8 Å². The third kappa shape index (κ3) is 6.60. The Labute approximate surface area is 145 Å². The van der Waals surface area contributed by atoms with Crippen LogP contribution in [-0.2, 0) is 16.0 Å². The number of benzene rings is 1. The molecule has 2 amide bonds. The standard InChI is InChI=1S/C19H30N2O3/c1-5-6-13-20(3)19(23)12-15-21(16(2)22)14-11-17-9-7-8-10-18(17)24-4/h7-10H,5-6,11-15H2,1-4H3. The van der Waals surface area contributed by atoms with Gasteiger partial charge in [-0.15, -0.1) is 0 Å². The Morgan fingerprint density at radius 2 is 1.83 bits per heavy atom. The Balaban J connectivity index is 2.52. The van der Waals surface area contributed by atoms with Crippen molar-refractivity contribution in [2.75, 3.05) is 33.8 Å². The van der Waals surface area contributed by atoms with Crippen LogP contribution < -0.4 is 4.74 Å². The molecule has 0 bridgehead atoms. The fourth-order valence-corrected chi connectivity index (χ4v) is 2.53. The van der Waals surface area contributed by atoms with Crippen LogP contribution in [0.2, 0.25) is 0 Å². The lowest BCUT2D eigenvalue weighted by molar-refractivity contribution is -0.132. The summed E-state index contributed by atoms with van der Waals surface area (Å²) >= 11 is 0. The van der Waals surface area contributed by atoms with E-state index in [2.05, 4.69) is 6.92 Å². The second-order valence-corrected chi connectivity index (χ2v) is 5.99. The molecule has 1 aromatic carbocycles. The van der Waals surface area contributed by atoms with Crippen LogP contribution in [-0.4, -0.2) is 55.4 Å². The minimum absolute atomic E-state index is 0.00564. The van der Waals surface area contributed by atoms with Crippen molar-refractivity contribution in [3.8, 4) is 5.75 Å². The number of unbranched alkanes of at least 4 members (excludes halogenated alkanes) is 1. The SMILES string of the molecule is CCCCN(C)C(=O)CCN(CCc1ccccc1OC)C(C)=O. The Bertz CT molecular complexity index is 531. The summed E-state index contributed by atoms with van der Waals surface area (Å²) in [6, 6.07) is 7.80. The Hall–Kier alpha value is -2.04. The van der Waals surface area contributed by atoms with Crippen molar-refractivity contribution in [1.29, 1.82) is 0 Å². The zero-order chi connectivity index (χ0) is 17.9. The molecule has 0 radical (unpaired) electrons. The predicted molar refractivity (Wildman–Crippen MR) is 96.1 cm³/mol. The molecule has 0 unspecified atom stereocenters. The summed E-state index contributed by atoms with van der Waals surface area (Å²) in [5.41, 5.74) is 1.07. The number of para-hydroxylation sites is 1. The van der Waals surface area contributed by atoms with Gasteiger partial charge in [0.2, 0.25) is 11.8 Å². The monoisotopic (exact) mass is 334 g/mol. The molecule has 5 heteroatoms. The molecule has 1 aromatic rings. The molecule has 0 heterocycles. The average molecular weight is 334 g/mol. The minimum Gasteiger partial charge on any atom is -0.496 e. The number of nitrogens with zero attached hydrogens (tertiary/aromatic N) is 2. The van der Waals surface area contributed by atoms with E-state index >= 15 is 0 Å². The van der Waals surface area contributed by atoms with Crippen molar-refractivity contribution in [2.45, 2.75) is 39.5 Å². The van der Waals surface area contributed by atoms with E-state index < -0.39 is 0 Å². The number of ether oxygens (including phenoxy) is 1. The number of hydrogen-bond donors (Lipinski definition) is 0. The highest BCUT2D eigenvalue weighted by Gasteiger charge is 2.14. The van der Waals surface area contributed by atoms with Crippen LogP contribution in [0.25, 0.3) is 0 Å². The van der Waals surface area contributed by atoms with Crippen LogP contribution in [0.4, 0.5) is 0 Å². The van der Waals surface area contributed by atoms with Gasteiger partial charge in [-0.2, -0.15) is 0 Å². The van der Waals surface area contributed by atoms with Gasteiger partial charge in [0.1, 0.15) is 5.75 Å². The summed E-state index contributed by atoms with van der Waals surface area (Å²) in [5.74, 6) is 0.914. The molecule has 24 heavy (non-hydrogen) atoms. The van der Waals surface area contributed by atoms with Crippen molar-refractivity contribution < 1.29 is 14.3 Å². The van der Waals surface area contributed by atoms with E-state index in [0.29, 0.717) is 25.9 Å². The van der Waals surface area contributed by atoms with Gasteiger partial charge < -0.3 is 14.5 Å². The number of amides is 2. The van der Waals surface area contributed by atoms with Crippen LogP contribution in [0.1, 0.15) is 38.7 Å². The molecule has 0 aromatic heterocycles. The second kappa shape index (κ2) is 10.7. The van der Waals surface area contributed by atoms with E-state index in [1.165, 1.54) is 0 Å². The van der Waals surface area contributed by atoms with E-state index in [4.69, 9.17) is 4.74 Å². The first-order chi connectivity index (χ1) is 11.5. The molecule has 134 valence electrons. The molecule has 0 spiro atoms. The van der Waals surface area contributed by atoms with Gasteiger partial charge in [0.25, 0.3) is 0 Å². The Morgan fingerprint density at radius 3 is 2.46 bits per heavy atom. The topological polar surface area (TPSA) is 49.9 Å². The van der Waals surface area contributed by atoms with Gasteiger partial charge >= 0.3 is 0 Å². The largest absolute Gasteiger partial charge is 0.496 e. The average Bonchev–Trinajstić information content (AvgIpc) is 2.59. The number of hydrogen-bond acceptors (Lipinski definition) is 3. The summed E-state index contributed by atoms with van der Waals surface area (Å²) in [6.07, 6.45) is 3.15. The van der Waals surface area contributed by atoms with E-state index in [9.17, 15) is 9.59 Å². The third-order valence-corrected chi connectivity index (χ3v) is 4.16. The normalized spacial score (nSPS) is 10.3. The molecule has 0 fully saturated rings. The first-order valence-corrected chi connectivity index (χ1v) is 8.61. The van der Waals surface area contributed by atoms with Crippen LogP contribution in [0.5, 0.6) is 5.75 Å². The van der Waals surface area contributed by atoms with Gasteiger partial charge in [-0.25, -0.2) is 0 Å². The highest BCUT2D eigenvalue weighted by atomic mass is 16.5. The summed E-state index contributed by atoms with van der Waals surface area (Å²) in [4.78, 5) is 27.4. The number of carbonyl (C=O) groups is 2. The predicted octanol–water partition coefficient (Wildman–Crippen LogP) is 2.73. The first-order valence-electron chi connectivity index (χ1n) is 8.61. The van der Waals surface area contributed by atoms with Gasteiger partial charge in [0.15, 0.2) is 0 Å². The Kier molecular flexibility index (Phi) is 8.90. The molecule has 0 N–H and O–H groups in total. The second-order valence-electron chi connectivity index (χ2n) is 5.99. The van der Waals surface area contributed by atoms with Crippen molar-refractivity contribution >= 4 is 11.8 Å².